The molecule has 0 saturated carbocycles. The lowest BCUT2D eigenvalue weighted by Crippen LogP contribution is -2.40. The molecule has 0 unspecified atom stereocenters. The van der Waals surface area contributed by atoms with Gasteiger partial charge in [-0.05, 0) is 55.7 Å². The molecule has 3 aromatic rings. The van der Waals surface area contributed by atoms with Gasteiger partial charge in [0.2, 0.25) is 5.09 Å². The maximum Gasteiger partial charge on any atom is 0.287 e. The van der Waals surface area contributed by atoms with Crippen LogP contribution in [0.25, 0.3) is 10.8 Å². The number of carbonyl (C=O) groups is 1. The molecule has 0 bridgehead atoms. The number of nitrogens with one attached hydrogen (secondary N) is 2. The molecule has 0 aliphatic carbocycles. The molecule has 2 aromatic carbocycles. The van der Waals surface area contributed by atoms with Crippen LogP contribution >= 0.6 is 0 Å². The van der Waals surface area contributed by atoms with Crippen molar-refractivity contribution in [2.75, 3.05) is 6.54 Å². The van der Waals surface area contributed by atoms with Crippen LogP contribution in [-0.4, -0.2) is 26.4 Å². The summed E-state index contributed by atoms with van der Waals surface area (Å²) in [6.07, 6.45) is 0.657. The maximum absolute atomic E-state index is 12.3. The Hall–Kier alpha value is -2.64. The van der Waals surface area contributed by atoms with Crippen LogP contribution in [0, 0.1) is 0 Å². The number of furan rings is 1. The van der Waals surface area contributed by atoms with E-state index in [2.05, 4.69) is 16.1 Å². The van der Waals surface area contributed by atoms with Crippen LogP contribution in [0.1, 0.15) is 36.9 Å². The number of carbonyl (C=O) groups excluding carboxylic acids is 1. The standard InChI is InChI=1S/C21H24N2O4S/c1-21(2,3)23-28(25,26)19-12-11-18(27-19)20(24)22-14-13-16-9-6-8-15-7-4-5-10-17(15)16/h4-12,23H,13-14H2,1-3H3,(H,22,24). The minimum Gasteiger partial charge on any atom is -0.438 e. The van der Waals surface area contributed by atoms with Crippen molar-refractivity contribution < 1.29 is 17.6 Å². The highest BCUT2D eigenvalue weighted by molar-refractivity contribution is 7.89. The predicted octanol–water partition coefficient (Wildman–Crippen LogP) is 3.48. The van der Waals surface area contributed by atoms with Gasteiger partial charge in [0.25, 0.3) is 15.9 Å². The van der Waals surface area contributed by atoms with Gasteiger partial charge < -0.3 is 9.73 Å². The second-order valence-corrected chi connectivity index (χ2v) is 9.23. The van der Waals surface area contributed by atoms with E-state index in [0.29, 0.717) is 13.0 Å². The summed E-state index contributed by atoms with van der Waals surface area (Å²) in [6.45, 7) is 5.60. The van der Waals surface area contributed by atoms with Gasteiger partial charge in [-0.2, -0.15) is 0 Å². The molecular weight excluding hydrogens is 376 g/mol. The lowest BCUT2D eigenvalue weighted by atomic mass is 10.0. The fourth-order valence-electron chi connectivity index (χ4n) is 2.95. The van der Waals surface area contributed by atoms with E-state index >= 15 is 0 Å². The first kappa shape index (κ1) is 20.1. The number of benzene rings is 2. The van der Waals surface area contributed by atoms with Crippen molar-refractivity contribution in [2.45, 2.75) is 37.8 Å². The largest absolute Gasteiger partial charge is 0.438 e. The third-order valence-corrected chi connectivity index (χ3v) is 5.70. The average molecular weight is 401 g/mol. The third-order valence-electron chi connectivity index (χ3n) is 4.07. The summed E-state index contributed by atoms with van der Waals surface area (Å²) >= 11 is 0. The average Bonchev–Trinajstić information content (AvgIpc) is 3.11. The summed E-state index contributed by atoms with van der Waals surface area (Å²) in [5, 5.41) is 4.80. The van der Waals surface area contributed by atoms with Crippen molar-refractivity contribution in [2.24, 2.45) is 0 Å². The zero-order valence-electron chi connectivity index (χ0n) is 16.2. The van der Waals surface area contributed by atoms with E-state index in [4.69, 9.17) is 4.42 Å². The molecule has 0 atom stereocenters. The van der Waals surface area contributed by atoms with Crippen LogP contribution in [0.2, 0.25) is 0 Å². The third kappa shape index (κ3) is 4.79. The van der Waals surface area contributed by atoms with Gasteiger partial charge in [0.15, 0.2) is 5.76 Å². The Morgan fingerprint density at radius 2 is 1.71 bits per heavy atom. The van der Waals surface area contributed by atoms with Crippen LogP contribution in [0.5, 0.6) is 0 Å². The molecule has 28 heavy (non-hydrogen) atoms. The molecular formula is C21H24N2O4S. The predicted molar refractivity (Wildman–Crippen MR) is 109 cm³/mol. The van der Waals surface area contributed by atoms with Crippen molar-refractivity contribution in [1.29, 1.82) is 0 Å². The van der Waals surface area contributed by atoms with E-state index in [1.165, 1.54) is 12.1 Å². The molecule has 0 saturated heterocycles. The van der Waals surface area contributed by atoms with E-state index in [0.717, 1.165) is 16.3 Å². The minimum absolute atomic E-state index is 0.0350. The van der Waals surface area contributed by atoms with Crippen molar-refractivity contribution >= 4 is 26.7 Å². The van der Waals surface area contributed by atoms with Crippen LogP contribution in [-0.2, 0) is 16.4 Å². The number of hydrogen-bond acceptors (Lipinski definition) is 4. The van der Waals surface area contributed by atoms with E-state index in [1.54, 1.807) is 20.8 Å². The first-order chi connectivity index (χ1) is 13.2. The molecule has 1 heterocycles. The molecule has 6 nitrogen and oxygen atoms in total. The van der Waals surface area contributed by atoms with Gasteiger partial charge in [0, 0.05) is 12.1 Å². The number of hydrogen-bond donors (Lipinski definition) is 2. The first-order valence-electron chi connectivity index (χ1n) is 9.04. The summed E-state index contributed by atoms with van der Waals surface area (Å²) in [6, 6.07) is 16.8. The molecule has 148 valence electrons. The van der Waals surface area contributed by atoms with E-state index in [9.17, 15) is 13.2 Å². The molecule has 0 aliphatic rings. The Balaban J connectivity index is 1.64. The van der Waals surface area contributed by atoms with Gasteiger partial charge in [0.05, 0.1) is 0 Å². The highest BCUT2D eigenvalue weighted by atomic mass is 32.2. The summed E-state index contributed by atoms with van der Waals surface area (Å²) < 4.78 is 32.3. The van der Waals surface area contributed by atoms with Gasteiger partial charge in [-0.3, -0.25) is 4.79 Å². The first-order valence-corrected chi connectivity index (χ1v) is 10.5. The van der Waals surface area contributed by atoms with Crippen molar-refractivity contribution in [1.82, 2.24) is 10.0 Å². The van der Waals surface area contributed by atoms with Gasteiger partial charge in [-0.1, -0.05) is 42.5 Å². The van der Waals surface area contributed by atoms with Crippen molar-refractivity contribution in [3.05, 3.63) is 65.9 Å². The molecule has 7 heteroatoms. The van der Waals surface area contributed by atoms with E-state index in [1.807, 2.05) is 36.4 Å². The van der Waals surface area contributed by atoms with Gasteiger partial charge >= 0.3 is 0 Å². The Morgan fingerprint density at radius 3 is 2.46 bits per heavy atom. The van der Waals surface area contributed by atoms with Gasteiger partial charge in [0.1, 0.15) is 0 Å². The summed E-state index contributed by atoms with van der Waals surface area (Å²) in [5.41, 5.74) is 0.488. The molecule has 1 amide bonds. The van der Waals surface area contributed by atoms with E-state index < -0.39 is 21.5 Å². The van der Waals surface area contributed by atoms with Crippen molar-refractivity contribution in [3.63, 3.8) is 0 Å². The summed E-state index contributed by atoms with van der Waals surface area (Å²) in [5.74, 6) is -0.482. The molecule has 0 radical (unpaired) electrons. The lowest BCUT2D eigenvalue weighted by Gasteiger charge is -2.18. The normalized spacial score (nSPS) is 12.2. The second-order valence-electron chi connectivity index (χ2n) is 7.62. The zero-order valence-corrected chi connectivity index (χ0v) is 17.0. The molecule has 2 N–H and O–H groups in total. The molecule has 0 aliphatic heterocycles. The molecule has 1 aromatic heterocycles. The van der Waals surface area contributed by atoms with Crippen LogP contribution in [0.3, 0.4) is 0 Å². The zero-order chi connectivity index (χ0) is 20.4. The highest BCUT2D eigenvalue weighted by Gasteiger charge is 2.26. The lowest BCUT2D eigenvalue weighted by molar-refractivity contribution is 0.0921. The van der Waals surface area contributed by atoms with Crippen LogP contribution < -0.4 is 10.0 Å². The van der Waals surface area contributed by atoms with E-state index in [-0.39, 0.29) is 10.9 Å². The number of rotatable bonds is 6. The Bertz CT molecular complexity index is 1090. The Kier molecular flexibility index (Phi) is 5.58. The highest BCUT2D eigenvalue weighted by Crippen LogP contribution is 2.19. The minimum atomic E-state index is -3.82. The van der Waals surface area contributed by atoms with Crippen LogP contribution in [0.4, 0.5) is 0 Å². The summed E-state index contributed by atoms with van der Waals surface area (Å²) in [7, 11) is -3.82. The number of amides is 1. The number of sulfonamides is 1. The van der Waals surface area contributed by atoms with Gasteiger partial charge in [-0.15, -0.1) is 0 Å². The number of fused-ring (bicyclic) bond motifs is 1. The van der Waals surface area contributed by atoms with Gasteiger partial charge in [-0.25, -0.2) is 13.1 Å². The molecule has 3 rings (SSSR count). The molecule has 0 fully saturated rings. The topological polar surface area (TPSA) is 88.4 Å². The fourth-order valence-corrected chi connectivity index (χ4v) is 4.30. The Morgan fingerprint density at radius 1 is 1.00 bits per heavy atom. The smallest absolute Gasteiger partial charge is 0.287 e. The Labute approximate surface area is 165 Å². The fraction of sp³-hybridized carbons (Fsp3) is 0.286. The van der Waals surface area contributed by atoms with Crippen molar-refractivity contribution in [3.8, 4) is 0 Å². The second kappa shape index (κ2) is 7.77. The maximum atomic E-state index is 12.3. The van der Waals surface area contributed by atoms with Crippen LogP contribution in [0.15, 0.2) is 64.1 Å². The monoisotopic (exact) mass is 400 g/mol. The quantitative estimate of drug-likeness (QED) is 0.663. The summed E-state index contributed by atoms with van der Waals surface area (Å²) in [4.78, 5) is 12.3. The SMILES string of the molecule is CC(C)(C)NS(=O)(=O)c1ccc(C(=O)NCCc2cccc3ccccc23)o1. The molecule has 0 spiro atoms.